The molecule has 94 valence electrons. The fraction of sp³-hybridized carbons (Fsp3) is 0.500. The Labute approximate surface area is 107 Å². The van der Waals surface area contributed by atoms with Gasteiger partial charge in [-0.2, -0.15) is 4.31 Å². The summed E-state index contributed by atoms with van der Waals surface area (Å²) in [6, 6.07) is 7.19. The number of halogens is 1. The van der Waals surface area contributed by atoms with E-state index >= 15 is 0 Å². The van der Waals surface area contributed by atoms with Crippen LogP contribution in [0.25, 0.3) is 0 Å². The van der Waals surface area contributed by atoms with Crippen LogP contribution < -0.4 is 0 Å². The minimum atomic E-state index is -3.35. The maximum Gasteiger partial charge on any atom is 0.244 e. The summed E-state index contributed by atoms with van der Waals surface area (Å²) in [5.74, 6) is 0.471. The molecular weight excluding hydrogens is 258 g/mol. The van der Waals surface area contributed by atoms with E-state index in [9.17, 15) is 8.42 Å². The lowest BCUT2D eigenvalue weighted by atomic mass is 9.94. The average molecular weight is 274 g/mol. The van der Waals surface area contributed by atoms with Crippen molar-refractivity contribution in [3.8, 4) is 0 Å². The minimum Gasteiger partial charge on any atom is -0.207 e. The highest BCUT2D eigenvalue weighted by Gasteiger charge is 2.47. The molecule has 0 aromatic heterocycles. The smallest absolute Gasteiger partial charge is 0.207 e. The first-order chi connectivity index (χ1) is 7.92. The monoisotopic (exact) mass is 273 g/mol. The van der Waals surface area contributed by atoms with Gasteiger partial charge >= 0.3 is 0 Å². The van der Waals surface area contributed by atoms with Gasteiger partial charge in [0.25, 0.3) is 0 Å². The lowest BCUT2D eigenvalue weighted by molar-refractivity contribution is 0.245. The van der Waals surface area contributed by atoms with Crippen LogP contribution >= 0.6 is 11.6 Å². The van der Waals surface area contributed by atoms with Crippen molar-refractivity contribution in [1.82, 2.24) is 4.31 Å². The van der Waals surface area contributed by atoms with E-state index in [0.29, 0.717) is 23.7 Å². The second kappa shape index (κ2) is 4.26. The number of benzene rings is 1. The molecule has 0 aliphatic carbocycles. The highest BCUT2D eigenvalue weighted by molar-refractivity contribution is 7.89. The topological polar surface area (TPSA) is 37.4 Å². The van der Waals surface area contributed by atoms with E-state index in [0.717, 1.165) is 5.56 Å². The van der Waals surface area contributed by atoms with Crippen molar-refractivity contribution in [1.29, 1.82) is 0 Å². The van der Waals surface area contributed by atoms with Crippen molar-refractivity contribution in [2.24, 2.45) is 0 Å². The Balaban J connectivity index is 2.53. The molecule has 0 fully saturated rings. The van der Waals surface area contributed by atoms with E-state index < -0.39 is 15.6 Å². The molecule has 0 atom stereocenters. The molecular formula is C12H16ClNO2S. The van der Waals surface area contributed by atoms with E-state index in [1.807, 2.05) is 26.0 Å². The van der Waals surface area contributed by atoms with Crippen LogP contribution in [0.1, 0.15) is 25.8 Å². The minimum absolute atomic E-state index is 0.430. The van der Waals surface area contributed by atoms with Crippen LogP contribution in [0.15, 0.2) is 29.2 Å². The van der Waals surface area contributed by atoms with Crippen LogP contribution in [0.4, 0.5) is 0 Å². The van der Waals surface area contributed by atoms with E-state index in [-0.39, 0.29) is 0 Å². The van der Waals surface area contributed by atoms with Gasteiger partial charge in [-0.1, -0.05) is 18.2 Å². The van der Waals surface area contributed by atoms with Gasteiger partial charge in [0.2, 0.25) is 10.0 Å². The van der Waals surface area contributed by atoms with Gasteiger partial charge in [0.15, 0.2) is 0 Å². The lowest BCUT2D eigenvalue weighted by Crippen LogP contribution is -2.39. The van der Waals surface area contributed by atoms with E-state index in [4.69, 9.17) is 11.6 Å². The maximum atomic E-state index is 12.4. The van der Waals surface area contributed by atoms with Gasteiger partial charge in [0, 0.05) is 12.4 Å². The zero-order valence-corrected chi connectivity index (χ0v) is 11.6. The first kappa shape index (κ1) is 12.9. The van der Waals surface area contributed by atoms with Crippen LogP contribution in [-0.4, -0.2) is 25.1 Å². The normalized spacial score (nSPS) is 21.4. The summed E-state index contributed by atoms with van der Waals surface area (Å²) in [4.78, 5) is 0.430. The highest BCUT2D eigenvalue weighted by atomic mass is 35.5. The molecule has 1 heterocycles. The number of sulfonamides is 1. The maximum absolute atomic E-state index is 12.4. The molecule has 0 saturated carbocycles. The molecule has 2 rings (SSSR count). The third kappa shape index (κ3) is 1.88. The first-order valence-electron chi connectivity index (χ1n) is 5.60. The Morgan fingerprint density at radius 2 is 1.94 bits per heavy atom. The Morgan fingerprint density at radius 1 is 1.29 bits per heavy atom. The highest BCUT2D eigenvalue weighted by Crippen LogP contribution is 2.43. The Morgan fingerprint density at radius 3 is 2.53 bits per heavy atom. The Kier molecular flexibility index (Phi) is 3.23. The zero-order valence-electron chi connectivity index (χ0n) is 9.98. The van der Waals surface area contributed by atoms with Crippen molar-refractivity contribution in [2.45, 2.75) is 30.7 Å². The summed E-state index contributed by atoms with van der Waals surface area (Å²) in [6.45, 7) is 4.34. The molecule has 0 radical (unpaired) electrons. The number of hydrogen-bond donors (Lipinski definition) is 0. The van der Waals surface area contributed by atoms with Gasteiger partial charge < -0.3 is 0 Å². The van der Waals surface area contributed by atoms with Crippen LogP contribution in [-0.2, 0) is 15.6 Å². The number of alkyl halides is 1. The summed E-state index contributed by atoms with van der Waals surface area (Å²) in [7, 11) is -3.35. The van der Waals surface area contributed by atoms with Gasteiger partial charge in [-0.15, -0.1) is 11.6 Å². The van der Waals surface area contributed by atoms with Crippen molar-refractivity contribution in [3.05, 3.63) is 29.8 Å². The second-order valence-electron chi connectivity index (χ2n) is 4.67. The van der Waals surface area contributed by atoms with Crippen LogP contribution in [0, 0.1) is 0 Å². The van der Waals surface area contributed by atoms with Crippen molar-refractivity contribution in [3.63, 3.8) is 0 Å². The number of nitrogens with zero attached hydrogens (tertiary/aromatic N) is 1. The van der Waals surface area contributed by atoms with Gasteiger partial charge in [0.05, 0.1) is 10.4 Å². The van der Waals surface area contributed by atoms with Crippen LogP contribution in [0.3, 0.4) is 0 Å². The Hall–Kier alpha value is -0.580. The molecule has 0 amide bonds. The van der Waals surface area contributed by atoms with Crippen molar-refractivity contribution in [2.75, 3.05) is 12.4 Å². The molecule has 17 heavy (non-hydrogen) atoms. The fourth-order valence-electron chi connectivity index (χ4n) is 2.35. The quantitative estimate of drug-likeness (QED) is 0.794. The third-order valence-electron chi connectivity index (χ3n) is 3.23. The van der Waals surface area contributed by atoms with E-state index in [2.05, 4.69) is 0 Å². The molecule has 0 N–H and O–H groups in total. The average Bonchev–Trinajstić information content (AvgIpc) is 2.43. The SMILES string of the molecule is CC1(C)c2ccccc2S(=O)(=O)N1CCCCl. The molecule has 0 spiro atoms. The molecule has 1 aromatic rings. The number of hydrogen-bond acceptors (Lipinski definition) is 2. The van der Waals surface area contributed by atoms with Gasteiger partial charge in [0.1, 0.15) is 0 Å². The Bertz CT molecular complexity index is 525. The molecule has 0 bridgehead atoms. The molecule has 1 aromatic carbocycles. The predicted octanol–water partition coefficient (Wildman–Crippen LogP) is 2.55. The van der Waals surface area contributed by atoms with E-state index in [1.54, 1.807) is 16.4 Å². The zero-order chi connectivity index (χ0) is 12.7. The second-order valence-corrected chi connectivity index (χ2v) is 6.88. The molecule has 5 heteroatoms. The number of rotatable bonds is 3. The van der Waals surface area contributed by atoms with Crippen LogP contribution in [0.2, 0.25) is 0 Å². The molecule has 3 nitrogen and oxygen atoms in total. The fourth-order valence-corrected chi connectivity index (χ4v) is 4.63. The summed E-state index contributed by atoms with van der Waals surface area (Å²) in [6.07, 6.45) is 0.665. The molecule has 0 unspecified atom stereocenters. The summed E-state index contributed by atoms with van der Waals surface area (Å²) in [5.41, 5.74) is 0.385. The van der Waals surface area contributed by atoms with Crippen LogP contribution in [0.5, 0.6) is 0 Å². The van der Waals surface area contributed by atoms with Crippen molar-refractivity contribution >= 4 is 21.6 Å². The predicted molar refractivity (Wildman–Crippen MR) is 68.7 cm³/mol. The third-order valence-corrected chi connectivity index (χ3v) is 5.63. The van der Waals surface area contributed by atoms with Gasteiger partial charge in [-0.25, -0.2) is 8.42 Å². The largest absolute Gasteiger partial charge is 0.244 e. The summed E-state index contributed by atoms with van der Waals surface area (Å²) < 4.78 is 26.3. The lowest BCUT2D eigenvalue weighted by Gasteiger charge is -2.30. The molecule has 1 aliphatic heterocycles. The van der Waals surface area contributed by atoms with Gasteiger partial charge in [-0.3, -0.25) is 0 Å². The summed E-state index contributed by atoms with van der Waals surface area (Å²) in [5, 5.41) is 0. The van der Waals surface area contributed by atoms with E-state index in [1.165, 1.54) is 0 Å². The number of fused-ring (bicyclic) bond motifs is 1. The molecule has 1 aliphatic rings. The van der Waals surface area contributed by atoms with Crippen molar-refractivity contribution < 1.29 is 8.42 Å². The standard InChI is InChI=1S/C12H16ClNO2S/c1-12(2)10-6-3-4-7-11(10)17(15,16)14(12)9-5-8-13/h3-4,6-7H,5,8-9H2,1-2H3. The first-order valence-corrected chi connectivity index (χ1v) is 7.58. The molecule has 0 saturated heterocycles. The summed E-state index contributed by atoms with van der Waals surface area (Å²) >= 11 is 5.66. The van der Waals surface area contributed by atoms with Gasteiger partial charge in [-0.05, 0) is 31.9 Å².